The number of benzene rings is 1. The van der Waals surface area contributed by atoms with Gasteiger partial charge in [-0.25, -0.2) is 9.67 Å². The summed E-state index contributed by atoms with van der Waals surface area (Å²) in [6.07, 6.45) is 1.78. The van der Waals surface area contributed by atoms with Gasteiger partial charge in [-0.1, -0.05) is 30.0 Å². The number of aromatic nitrogens is 5. The maximum absolute atomic E-state index is 12.3. The maximum atomic E-state index is 12.3. The number of carbonyl (C=O) groups is 1. The van der Waals surface area contributed by atoms with Crippen molar-refractivity contribution in [2.75, 3.05) is 11.1 Å². The molecule has 0 aliphatic rings. The fourth-order valence-electron chi connectivity index (χ4n) is 2.26. The molecule has 0 bridgehead atoms. The van der Waals surface area contributed by atoms with Crippen molar-refractivity contribution >= 4 is 35.1 Å². The topological polar surface area (TPSA) is 85.6 Å². The first-order valence-corrected chi connectivity index (χ1v) is 10.4. The molecule has 27 heavy (non-hydrogen) atoms. The van der Waals surface area contributed by atoms with Crippen LogP contribution in [0.4, 0.5) is 5.69 Å². The Morgan fingerprint density at radius 2 is 2.07 bits per heavy atom. The summed E-state index contributed by atoms with van der Waals surface area (Å²) >= 11 is 2.98. The third-order valence-corrected chi connectivity index (χ3v) is 5.47. The normalized spacial score (nSPS) is 10.9. The minimum Gasteiger partial charge on any atom is -0.325 e. The van der Waals surface area contributed by atoms with E-state index in [2.05, 4.69) is 25.8 Å². The summed E-state index contributed by atoms with van der Waals surface area (Å²) in [4.78, 5) is 16.6. The van der Waals surface area contributed by atoms with E-state index in [9.17, 15) is 4.79 Å². The van der Waals surface area contributed by atoms with Crippen molar-refractivity contribution in [1.82, 2.24) is 25.2 Å². The lowest BCUT2D eigenvalue weighted by Gasteiger charge is -2.09. The van der Waals surface area contributed by atoms with Crippen molar-refractivity contribution in [1.29, 1.82) is 0 Å². The molecular formula is C18H20N6OS2. The van der Waals surface area contributed by atoms with Gasteiger partial charge in [0.05, 0.1) is 16.8 Å². The highest BCUT2D eigenvalue weighted by Crippen LogP contribution is 2.22. The van der Waals surface area contributed by atoms with Gasteiger partial charge in [0.2, 0.25) is 11.1 Å². The first-order valence-electron chi connectivity index (χ1n) is 8.45. The van der Waals surface area contributed by atoms with Gasteiger partial charge in [0.25, 0.3) is 0 Å². The minimum absolute atomic E-state index is 0.0900. The molecule has 7 nitrogen and oxygen atoms in total. The van der Waals surface area contributed by atoms with Gasteiger partial charge in [-0.15, -0.1) is 16.9 Å². The van der Waals surface area contributed by atoms with Gasteiger partial charge in [0.15, 0.2) is 0 Å². The quantitative estimate of drug-likeness (QED) is 0.577. The van der Waals surface area contributed by atoms with Gasteiger partial charge in [-0.05, 0) is 54.1 Å². The monoisotopic (exact) mass is 400 g/mol. The third kappa shape index (κ3) is 5.80. The average Bonchev–Trinajstić information content (AvgIpc) is 3.15. The number of amides is 1. The predicted octanol–water partition coefficient (Wildman–Crippen LogP) is 3.67. The molecule has 1 amide bonds. The Balaban J connectivity index is 1.52. The Hall–Kier alpha value is -2.39. The van der Waals surface area contributed by atoms with Crippen molar-refractivity contribution in [3.05, 3.63) is 54.2 Å². The number of nitrogens with zero attached hydrogens (tertiary/aromatic N) is 5. The summed E-state index contributed by atoms with van der Waals surface area (Å²) < 4.78 is 1.70. The summed E-state index contributed by atoms with van der Waals surface area (Å²) in [5, 5.41) is 16.1. The van der Waals surface area contributed by atoms with E-state index in [1.165, 1.54) is 11.8 Å². The Kier molecular flexibility index (Phi) is 6.83. The van der Waals surface area contributed by atoms with Crippen LogP contribution in [0, 0.1) is 0 Å². The molecular weight excluding hydrogens is 380 g/mol. The fraction of sp³-hybridized carbons (Fsp3) is 0.278. The zero-order valence-corrected chi connectivity index (χ0v) is 16.7. The van der Waals surface area contributed by atoms with E-state index in [1.807, 2.05) is 56.3 Å². The number of hydrogen-bond donors (Lipinski definition) is 1. The molecule has 0 fully saturated rings. The van der Waals surface area contributed by atoms with E-state index in [1.54, 1.807) is 22.6 Å². The second-order valence-corrected chi connectivity index (χ2v) is 7.93. The van der Waals surface area contributed by atoms with Crippen LogP contribution in [0.5, 0.6) is 0 Å². The van der Waals surface area contributed by atoms with Crippen molar-refractivity contribution in [2.45, 2.75) is 35.8 Å². The van der Waals surface area contributed by atoms with Crippen LogP contribution in [0.15, 0.2) is 58.8 Å². The van der Waals surface area contributed by atoms with Gasteiger partial charge < -0.3 is 5.32 Å². The molecule has 0 saturated carbocycles. The molecule has 1 aromatic carbocycles. The van der Waals surface area contributed by atoms with E-state index in [4.69, 9.17) is 0 Å². The van der Waals surface area contributed by atoms with E-state index in [0.29, 0.717) is 5.16 Å². The molecule has 0 aliphatic heterocycles. The highest BCUT2D eigenvalue weighted by Gasteiger charge is 2.12. The molecule has 0 unspecified atom stereocenters. The predicted molar refractivity (Wildman–Crippen MR) is 108 cm³/mol. The van der Waals surface area contributed by atoms with Crippen LogP contribution < -0.4 is 5.32 Å². The number of nitrogens with one attached hydrogen (secondary N) is 1. The van der Waals surface area contributed by atoms with Crippen molar-refractivity contribution in [3.63, 3.8) is 0 Å². The first kappa shape index (κ1) is 19.4. The van der Waals surface area contributed by atoms with E-state index >= 15 is 0 Å². The third-order valence-electron chi connectivity index (χ3n) is 3.52. The zero-order chi connectivity index (χ0) is 19.1. The number of anilines is 1. The van der Waals surface area contributed by atoms with Crippen LogP contribution >= 0.6 is 23.5 Å². The largest absolute Gasteiger partial charge is 0.325 e. The van der Waals surface area contributed by atoms with Crippen LogP contribution in [0.25, 0.3) is 0 Å². The number of tetrazole rings is 1. The Morgan fingerprint density at radius 3 is 2.85 bits per heavy atom. The number of hydrogen-bond acceptors (Lipinski definition) is 7. The molecule has 0 saturated heterocycles. The summed E-state index contributed by atoms with van der Waals surface area (Å²) in [5.74, 6) is 0.950. The van der Waals surface area contributed by atoms with Gasteiger partial charge in [-0.2, -0.15) is 0 Å². The average molecular weight is 401 g/mol. The van der Waals surface area contributed by atoms with Gasteiger partial charge in [-0.3, -0.25) is 4.79 Å². The van der Waals surface area contributed by atoms with Crippen LogP contribution in [0.3, 0.4) is 0 Å². The number of pyridine rings is 1. The van der Waals surface area contributed by atoms with Crippen molar-refractivity contribution in [2.24, 2.45) is 0 Å². The maximum Gasteiger partial charge on any atom is 0.234 e. The fourth-order valence-corrected chi connectivity index (χ4v) is 3.87. The second kappa shape index (κ2) is 9.52. The SMILES string of the molecule is CC(C)n1nnnc1SCC(=O)Nc1cccc(CSc2ccccn2)c1. The molecule has 0 atom stereocenters. The Labute approximate surface area is 166 Å². The molecule has 0 radical (unpaired) electrons. The minimum atomic E-state index is -0.0900. The van der Waals surface area contributed by atoms with E-state index in [0.717, 1.165) is 22.0 Å². The molecule has 0 spiro atoms. The molecule has 3 aromatic rings. The highest BCUT2D eigenvalue weighted by atomic mass is 32.2. The summed E-state index contributed by atoms with van der Waals surface area (Å²) in [6, 6.07) is 13.9. The van der Waals surface area contributed by atoms with Crippen LogP contribution in [0.2, 0.25) is 0 Å². The number of thioether (sulfide) groups is 2. The molecule has 2 heterocycles. The molecule has 140 valence electrons. The van der Waals surface area contributed by atoms with Crippen LogP contribution in [0.1, 0.15) is 25.5 Å². The Morgan fingerprint density at radius 1 is 1.19 bits per heavy atom. The molecule has 3 rings (SSSR count). The van der Waals surface area contributed by atoms with Crippen molar-refractivity contribution < 1.29 is 4.79 Å². The van der Waals surface area contributed by atoms with Crippen molar-refractivity contribution in [3.8, 4) is 0 Å². The molecule has 9 heteroatoms. The van der Waals surface area contributed by atoms with Gasteiger partial charge >= 0.3 is 0 Å². The zero-order valence-electron chi connectivity index (χ0n) is 15.1. The lowest BCUT2D eigenvalue weighted by atomic mass is 10.2. The lowest BCUT2D eigenvalue weighted by Crippen LogP contribution is -2.15. The van der Waals surface area contributed by atoms with Crippen LogP contribution in [-0.2, 0) is 10.5 Å². The molecule has 1 N–H and O–H groups in total. The van der Waals surface area contributed by atoms with Gasteiger partial charge in [0, 0.05) is 17.6 Å². The van der Waals surface area contributed by atoms with Gasteiger partial charge in [0.1, 0.15) is 0 Å². The smallest absolute Gasteiger partial charge is 0.234 e. The summed E-state index contributed by atoms with van der Waals surface area (Å²) in [5.41, 5.74) is 1.91. The summed E-state index contributed by atoms with van der Waals surface area (Å²) in [6.45, 7) is 3.99. The second-order valence-electron chi connectivity index (χ2n) is 5.99. The lowest BCUT2D eigenvalue weighted by molar-refractivity contribution is -0.113. The molecule has 2 aromatic heterocycles. The number of rotatable bonds is 8. The standard InChI is InChI=1S/C18H20N6OS2/c1-13(2)24-18(21-22-23-24)27-12-16(25)20-15-7-5-6-14(10-15)11-26-17-8-3-4-9-19-17/h3-10,13H,11-12H2,1-2H3,(H,20,25). The van der Waals surface area contributed by atoms with E-state index in [-0.39, 0.29) is 17.7 Å². The van der Waals surface area contributed by atoms with Crippen LogP contribution in [-0.4, -0.2) is 36.9 Å². The molecule has 0 aliphatic carbocycles. The Bertz CT molecular complexity index is 884. The number of carbonyl (C=O) groups excluding carboxylic acids is 1. The first-order chi connectivity index (χ1) is 13.1. The van der Waals surface area contributed by atoms with E-state index < -0.39 is 0 Å². The highest BCUT2D eigenvalue weighted by molar-refractivity contribution is 7.99. The summed E-state index contributed by atoms with van der Waals surface area (Å²) in [7, 11) is 0.